The summed E-state index contributed by atoms with van der Waals surface area (Å²) < 4.78 is 0. The molecule has 20 heavy (non-hydrogen) atoms. The Kier molecular flexibility index (Phi) is 5.47. The standard InChI is InChI=1S/C16H21N3O/c1-2-3-4-5-9-12-14-15(18-19-17-14)16(20)13-10-7-6-8-11-13/h6-8,10-11H,2-5,9,12H2,1H3,(H,17,18,19). The van der Waals surface area contributed by atoms with Crippen LogP contribution < -0.4 is 0 Å². The topological polar surface area (TPSA) is 58.6 Å². The number of aromatic amines is 1. The summed E-state index contributed by atoms with van der Waals surface area (Å²) in [5.41, 5.74) is 1.91. The Bertz CT molecular complexity index is 534. The third-order valence-corrected chi connectivity index (χ3v) is 3.39. The molecule has 0 saturated heterocycles. The summed E-state index contributed by atoms with van der Waals surface area (Å²) in [5.74, 6) is -0.0529. The molecule has 0 spiro atoms. The van der Waals surface area contributed by atoms with Gasteiger partial charge in [-0.2, -0.15) is 15.4 Å². The average molecular weight is 271 g/mol. The molecular formula is C16H21N3O. The van der Waals surface area contributed by atoms with Gasteiger partial charge in [-0.25, -0.2) is 0 Å². The Labute approximate surface area is 119 Å². The molecule has 0 bridgehead atoms. The van der Waals surface area contributed by atoms with Crippen molar-refractivity contribution in [3.05, 3.63) is 47.3 Å². The van der Waals surface area contributed by atoms with Crippen LogP contribution in [0.15, 0.2) is 30.3 Å². The molecule has 4 heteroatoms. The van der Waals surface area contributed by atoms with Crippen molar-refractivity contribution in [2.24, 2.45) is 0 Å². The maximum atomic E-state index is 12.3. The number of unbranched alkanes of at least 4 members (excludes halogenated alkanes) is 4. The molecule has 1 aromatic heterocycles. The van der Waals surface area contributed by atoms with Crippen LogP contribution in [0.2, 0.25) is 0 Å². The summed E-state index contributed by atoms with van der Waals surface area (Å²) in [6.45, 7) is 2.20. The molecule has 0 aliphatic heterocycles. The van der Waals surface area contributed by atoms with Gasteiger partial charge in [-0.15, -0.1) is 0 Å². The lowest BCUT2D eigenvalue weighted by molar-refractivity contribution is 0.103. The van der Waals surface area contributed by atoms with E-state index in [1.807, 2.05) is 30.3 Å². The van der Waals surface area contributed by atoms with Gasteiger partial charge in [0.2, 0.25) is 5.78 Å². The molecule has 0 saturated carbocycles. The number of rotatable bonds is 8. The highest BCUT2D eigenvalue weighted by atomic mass is 16.1. The number of nitrogens with one attached hydrogen (secondary N) is 1. The van der Waals surface area contributed by atoms with Crippen molar-refractivity contribution < 1.29 is 4.79 Å². The molecule has 0 aliphatic rings. The van der Waals surface area contributed by atoms with Crippen molar-refractivity contribution in [3.63, 3.8) is 0 Å². The first kappa shape index (κ1) is 14.4. The van der Waals surface area contributed by atoms with Gasteiger partial charge in [0.15, 0.2) is 5.69 Å². The summed E-state index contributed by atoms with van der Waals surface area (Å²) in [6, 6.07) is 9.23. The number of aromatic nitrogens is 3. The highest BCUT2D eigenvalue weighted by Crippen LogP contribution is 2.13. The number of ketones is 1. The second-order valence-corrected chi connectivity index (χ2v) is 4.98. The second kappa shape index (κ2) is 7.58. The molecule has 1 heterocycles. The zero-order valence-corrected chi connectivity index (χ0v) is 11.9. The maximum absolute atomic E-state index is 12.3. The Morgan fingerprint density at radius 2 is 1.80 bits per heavy atom. The summed E-state index contributed by atoms with van der Waals surface area (Å²) in [4.78, 5) is 12.3. The zero-order chi connectivity index (χ0) is 14.2. The molecule has 0 aliphatic carbocycles. The summed E-state index contributed by atoms with van der Waals surface area (Å²) in [7, 11) is 0. The van der Waals surface area contributed by atoms with Crippen molar-refractivity contribution in [2.75, 3.05) is 0 Å². The zero-order valence-electron chi connectivity index (χ0n) is 11.9. The van der Waals surface area contributed by atoms with Crippen molar-refractivity contribution in [2.45, 2.75) is 45.4 Å². The summed E-state index contributed by atoms with van der Waals surface area (Å²) in [6.07, 6.45) is 6.81. The SMILES string of the molecule is CCCCCCCc1n[nH]nc1C(=O)c1ccccc1. The van der Waals surface area contributed by atoms with Gasteiger partial charge in [0.05, 0.1) is 5.69 Å². The lowest BCUT2D eigenvalue weighted by Crippen LogP contribution is -2.05. The molecule has 0 fully saturated rings. The van der Waals surface area contributed by atoms with Crippen LogP contribution in [0.5, 0.6) is 0 Å². The van der Waals surface area contributed by atoms with Crippen LogP contribution in [-0.2, 0) is 6.42 Å². The predicted octanol–water partition coefficient (Wildman–Crippen LogP) is 3.55. The average Bonchev–Trinajstić information content (AvgIpc) is 2.95. The molecule has 0 radical (unpaired) electrons. The van der Waals surface area contributed by atoms with Gasteiger partial charge in [-0.3, -0.25) is 4.79 Å². The smallest absolute Gasteiger partial charge is 0.215 e. The van der Waals surface area contributed by atoms with Gasteiger partial charge in [0, 0.05) is 5.56 Å². The highest BCUT2D eigenvalue weighted by Gasteiger charge is 2.17. The molecule has 1 N–H and O–H groups in total. The second-order valence-electron chi connectivity index (χ2n) is 4.98. The van der Waals surface area contributed by atoms with Crippen LogP contribution in [-0.4, -0.2) is 21.2 Å². The van der Waals surface area contributed by atoms with Crippen molar-refractivity contribution in [1.29, 1.82) is 0 Å². The Hall–Kier alpha value is -1.97. The number of carbonyl (C=O) groups is 1. The number of benzene rings is 1. The van der Waals surface area contributed by atoms with E-state index in [0.29, 0.717) is 11.3 Å². The highest BCUT2D eigenvalue weighted by molar-refractivity contribution is 6.08. The number of hydrogen-bond acceptors (Lipinski definition) is 3. The molecule has 106 valence electrons. The van der Waals surface area contributed by atoms with E-state index in [0.717, 1.165) is 18.5 Å². The van der Waals surface area contributed by atoms with Crippen LogP contribution >= 0.6 is 0 Å². The molecule has 2 aromatic rings. The summed E-state index contributed by atoms with van der Waals surface area (Å²) in [5, 5.41) is 10.7. The molecule has 4 nitrogen and oxygen atoms in total. The van der Waals surface area contributed by atoms with E-state index in [1.54, 1.807) is 0 Å². The number of nitrogens with zero attached hydrogens (tertiary/aromatic N) is 2. The minimum atomic E-state index is -0.0529. The molecular weight excluding hydrogens is 250 g/mol. The van der Waals surface area contributed by atoms with Gasteiger partial charge in [0.1, 0.15) is 0 Å². The largest absolute Gasteiger partial charge is 0.287 e. The van der Waals surface area contributed by atoms with Gasteiger partial charge in [0.25, 0.3) is 0 Å². The van der Waals surface area contributed by atoms with Crippen LogP contribution in [0.25, 0.3) is 0 Å². The van der Waals surface area contributed by atoms with E-state index in [-0.39, 0.29) is 5.78 Å². The van der Waals surface area contributed by atoms with E-state index in [2.05, 4.69) is 22.3 Å². The quantitative estimate of drug-likeness (QED) is 0.590. The Morgan fingerprint density at radius 1 is 1.05 bits per heavy atom. The van der Waals surface area contributed by atoms with Gasteiger partial charge >= 0.3 is 0 Å². The first-order valence-electron chi connectivity index (χ1n) is 7.32. The van der Waals surface area contributed by atoms with E-state index < -0.39 is 0 Å². The number of aryl methyl sites for hydroxylation is 1. The fourth-order valence-corrected chi connectivity index (χ4v) is 2.23. The van der Waals surface area contributed by atoms with Crippen LogP contribution in [0.1, 0.15) is 60.8 Å². The van der Waals surface area contributed by atoms with Crippen molar-refractivity contribution >= 4 is 5.78 Å². The number of hydrogen-bond donors (Lipinski definition) is 1. The molecule has 0 atom stereocenters. The number of carbonyl (C=O) groups excluding carboxylic acids is 1. The molecule has 0 amide bonds. The predicted molar refractivity (Wildman–Crippen MR) is 78.7 cm³/mol. The Balaban J connectivity index is 1.96. The van der Waals surface area contributed by atoms with E-state index in [4.69, 9.17) is 0 Å². The fourth-order valence-electron chi connectivity index (χ4n) is 2.23. The molecule has 2 rings (SSSR count). The van der Waals surface area contributed by atoms with E-state index in [9.17, 15) is 4.79 Å². The van der Waals surface area contributed by atoms with Crippen molar-refractivity contribution in [1.82, 2.24) is 15.4 Å². The maximum Gasteiger partial charge on any atom is 0.215 e. The third-order valence-electron chi connectivity index (χ3n) is 3.39. The normalized spacial score (nSPS) is 10.7. The third kappa shape index (κ3) is 3.76. The minimum Gasteiger partial charge on any atom is -0.287 e. The lowest BCUT2D eigenvalue weighted by atomic mass is 10.0. The minimum absolute atomic E-state index is 0.0529. The van der Waals surface area contributed by atoms with Crippen LogP contribution in [0, 0.1) is 0 Å². The van der Waals surface area contributed by atoms with Crippen LogP contribution in [0.4, 0.5) is 0 Å². The fraction of sp³-hybridized carbons (Fsp3) is 0.438. The first-order chi connectivity index (χ1) is 9.83. The Morgan fingerprint density at radius 3 is 2.55 bits per heavy atom. The number of H-pyrrole nitrogens is 1. The van der Waals surface area contributed by atoms with Crippen LogP contribution in [0.3, 0.4) is 0 Å². The first-order valence-corrected chi connectivity index (χ1v) is 7.32. The molecule has 0 unspecified atom stereocenters. The van der Waals surface area contributed by atoms with E-state index in [1.165, 1.54) is 25.7 Å². The van der Waals surface area contributed by atoms with Gasteiger partial charge in [-0.1, -0.05) is 62.9 Å². The monoisotopic (exact) mass is 271 g/mol. The van der Waals surface area contributed by atoms with Crippen molar-refractivity contribution in [3.8, 4) is 0 Å². The van der Waals surface area contributed by atoms with Gasteiger partial charge < -0.3 is 0 Å². The lowest BCUT2D eigenvalue weighted by Gasteiger charge is -2.01. The molecule has 1 aromatic carbocycles. The van der Waals surface area contributed by atoms with Gasteiger partial charge in [-0.05, 0) is 12.8 Å². The van der Waals surface area contributed by atoms with E-state index >= 15 is 0 Å². The summed E-state index contributed by atoms with van der Waals surface area (Å²) >= 11 is 0.